The second-order valence-corrected chi connectivity index (χ2v) is 3.42. The molecule has 0 N–H and O–H groups in total. The lowest BCUT2D eigenvalue weighted by molar-refractivity contribution is -0.384. The van der Waals surface area contributed by atoms with Crippen molar-refractivity contribution in [3.05, 3.63) is 45.6 Å². The van der Waals surface area contributed by atoms with Crippen molar-refractivity contribution >= 4 is 17.3 Å². The second kappa shape index (κ2) is 4.19. The molecule has 0 atom stereocenters. The number of hydrogen-bond acceptors (Lipinski definition) is 5. The summed E-state index contributed by atoms with van der Waals surface area (Å²) in [7, 11) is 0. The third-order valence-electron chi connectivity index (χ3n) is 1.98. The number of aromatic nitrogens is 3. The van der Waals surface area contributed by atoms with E-state index in [9.17, 15) is 10.1 Å². The molecular weight excluding hydrogens is 246 g/mol. The van der Waals surface area contributed by atoms with E-state index < -0.39 is 4.92 Å². The molecule has 0 saturated heterocycles. The van der Waals surface area contributed by atoms with Crippen LogP contribution >= 0.6 is 11.6 Å². The summed E-state index contributed by atoms with van der Waals surface area (Å²) in [4.78, 5) is 17.8. The van der Waals surface area contributed by atoms with Gasteiger partial charge in [-0.05, 0) is 0 Å². The molecule has 0 unspecified atom stereocenters. The van der Waals surface area contributed by atoms with Crippen LogP contribution in [0.1, 0.15) is 5.82 Å². The van der Waals surface area contributed by atoms with Crippen LogP contribution in [0.2, 0.25) is 5.02 Å². The van der Waals surface area contributed by atoms with Crippen molar-refractivity contribution in [3.63, 3.8) is 0 Å². The van der Waals surface area contributed by atoms with Gasteiger partial charge < -0.3 is 0 Å². The van der Waals surface area contributed by atoms with Gasteiger partial charge in [-0.3, -0.25) is 14.7 Å². The third kappa shape index (κ3) is 1.93. The molecule has 17 heavy (non-hydrogen) atoms. The fourth-order valence-corrected chi connectivity index (χ4v) is 1.45. The van der Waals surface area contributed by atoms with Crippen LogP contribution < -0.4 is 0 Å². The topological polar surface area (TPSA) is 97.6 Å². The molecule has 0 radical (unpaired) electrons. The lowest BCUT2D eigenvalue weighted by Crippen LogP contribution is -2.04. The monoisotopic (exact) mass is 249 g/mol. The molecular formula is C9H4ClN5O2. The average Bonchev–Trinajstić information content (AvgIpc) is 2.76. The number of hydrogen-bond donors (Lipinski definition) is 0. The summed E-state index contributed by atoms with van der Waals surface area (Å²) < 4.78 is 1.23. The van der Waals surface area contributed by atoms with Crippen molar-refractivity contribution < 1.29 is 4.92 Å². The van der Waals surface area contributed by atoms with Crippen molar-refractivity contribution in [2.45, 2.75) is 0 Å². The first-order valence-corrected chi connectivity index (χ1v) is 4.75. The summed E-state index contributed by atoms with van der Waals surface area (Å²) in [6.07, 6.45) is 4.05. The molecule has 0 aromatic carbocycles. The van der Waals surface area contributed by atoms with Gasteiger partial charge in [0, 0.05) is 24.7 Å². The highest BCUT2D eigenvalue weighted by atomic mass is 35.5. The normalized spacial score (nSPS) is 9.88. The minimum Gasteiger partial charge on any atom is -0.270 e. The first kappa shape index (κ1) is 11.0. The van der Waals surface area contributed by atoms with Crippen LogP contribution in [0.25, 0.3) is 5.82 Å². The molecule has 2 heterocycles. The van der Waals surface area contributed by atoms with Crippen molar-refractivity contribution in [2.24, 2.45) is 0 Å². The van der Waals surface area contributed by atoms with Crippen LogP contribution in [0, 0.1) is 21.4 Å². The Balaban J connectivity index is 2.68. The Hall–Kier alpha value is -2.46. The summed E-state index contributed by atoms with van der Waals surface area (Å²) in [5.41, 5.74) is -0.285. The Morgan fingerprint density at radius 1 is 1.53 bits per heavy atom. The Labute approximate surface area is 100 Å². The van der Waals surface area contributed by atoms with E-state index in [4.69, 9.17) is 16.9 Å². The highest BCUT2D eigenvalue weighted by molar-refractivity contribution is 6.30. The molecule has 2 aromatic heterocycles. The molecule has 0 fully saturated rings. The van der Waals surface area contributed by atoms with Crippen molar-refractivity contribution in [1.29, 1.82) is 5.26 Å². The van der Waals surface area contributed by atoms with Gasteiger partial charge in [0.2, 0.25) is 11.6 Å². The van der Waals surface area contributed by atoms with E-state index in [1.54, 1.807) is 0 Å². The van der Waals surface area contributed by atoms with Gasteiger partial charge in [0.15, 0.2) is 0 Å². The van der Waals surface area contributed by atoms with E-state index >= 15 is 0 Å². The molecule has 0 aliphatic heterocycles. The van der Waals surface area contributed by atoms with Crippen LogP contribution in [0.4, 0.5) is 5.69 Å². The number of imidazole rings is 1. The largest absolute Gasteiger partial charge is 0.313 e. The third-order valence-corrected chi connectivity index (χ3v) is 2.19. The predicted molar refractivity (Wildman–Crippen MR) is 57.7 cm³/mol. The van der Waals surface area contributed by atoms with E-state index in [0.29, 0.717) is 0 Å². The van der Waals surface area contributed by atoms with Gasteiger partial charge >= 0.3 is 5.69 Å². The standard InChI is InChI=1S/C9H4ClN5O2/c10-6-3-7(15(16)17)9(13-5-6)14-2-1-12-8(14)4-11/h1-3,5H. The van der Waals surface area contributed by atoms with Crippen molar-refractivity contribution in [2.75, 3.05) is 0 Å². The summed E-state index contributed by atoms with van der Waals surface area (Å²) in [5.74, 6) is 0.0244. The number of rotatable bonds is 2. The minimum absolute atomic E-state index is 0.00782. The summed E-state index contributed by atoms with van der Waals surface area (Å²) >= 11 is 5.64. The van der Waals surface area contributed by atoms with Crippen LogP contribution in [0.5, 0.6) is 0 Å². The molecule has 7 nitrogen and oxygen atoms in total. The van der Waals surface area contributed by atoms with Gasteiger partial charge in [0.25, 0.3) is 0 Å². The van der Waals surface area contributed by atoms with E-state index in [1.807, 2.05) is 6.07 Å². The lowest BCUT2D eigenvalue weighted by Gasteiger charge is -2.03. The van der Waals surface area contributed by atoms with Gasteiger partial charge in [-0.15, -0.1) is 0 Å². The molecule has 0 saturated carbocycles. The maximum atomic E-state index is 10.9. The quantitative estimate of drug-likeness (QED) is 0.596. The van der Waals surface area contributed by atoms with E-state index in [1.165, 1.54) is 29.2 Å². The van der Waals surface area contributed by atoms with Crippen LogP contribution in [-0.4, -0.2) is 19.5 Å². The van der Waals surface area contributed by atoms with Crippen LogP contribution in [-0.2, 0) is 0 Å². The van der Waals surface area contributed by atoms with E-state index in [-0.39, 0.29) is 22.4 Å². The number of nitro groups is 1. The number of nitriles is 1. The van der Waals surface area contributed by atoms with Gasteiger partial charge in [-0.2, -0.15) is 5.26 Å². The molecule has 2 aromatic rings. The minimum atomic E-state index is -0.616. The second-order valence-electron chi connectivity index (χ2n) is 2.99. The SMILES string of the molecule is N#Cc1nccn1-c1ncc(Cl)cc1[N+](=O)[O-]. The predicted octanol–water partition coefficient (Wildman–Crippen LogP) is 1.70. The molecule has 0 spiro atoms. The molecule has 2 rings (SSSR count). The molecule has 84 valence electrons. The summed E-state index contributed by atoms with van der Waals surface area (Å²) in [6, 6.07) is 2.98. The Morgan fingerprint density at radius 3 is 2.94 bits per heavy atom. The molecule has 8 heteroatoms. The first-order valence-electron chi connectivity index (χ1n) is 4.37. The van der Waals surface area contributed by atoms with Gasteiger partial charge in [0.1, 0.15) is 6.07 Å². The van der Waals surface area contributed by atoms with Crippen molar-refractivity contribution in [1.82, 2.24) is 14.5 Å². The lowest BCUT2D eigenvalue weighted by atomic mass is 10.4. The van der Waals surface area contributed by atoms with Crippen molar-refractivity contribution in [3.8, 4) is 11.9 Å². The average molecular weight is 250 g/mol. The maximum absolute atomic E-state index is 10.9. The fraction of sp³-hybridized carbons (Fsp3) is 0. The smallest absolute Gasteiger partial charge is 0.270 e. The van der Waals surface area contributed by atoms with Gasteiger partial charge in [-0.1, -0.05) is 11.6 Å². The summed E-state index contributed by atoms with van der Waals surface area (Å²) in [6.45, 7) is 0. The molecule has 0 aliphatic rings. The number of halogens is 1. The van der Waals surface area contributed by atoms with Crippen LogP contribution in [0.3, 0.4) is 0 Å². The summed E-state index contributed by atoms with van der Waals surface area (Å²) in [5, 5.41) is 19.8. The first-order chi connectivity index (χ1) is 8.13. The highest BCUT2D eigenvalue weighted by Crippen LogP contribution is 2.24. The molecule has 0 amide bonds. The Bertz CT molecular complexity index is 631. The van der Waals surface area contributed by atoms with Gasteiger partial charge in [0.05, 0.1) is 9.95 Å². The zero-order chi connectivity index (χ0) is 12.4. The number of pyridine rings is 1. The maximum Gasteiger partial charge on any atom is 0.313 e. The Kier molecular flexibility index (Phi) is 2.72. The zero-order valence-electron chi connectivity index (χ0n) is 8.24. The highest BCUT2D eigenvalue weighted by Gasteiger charge is 2.19. The van der Waals surface area contributed by atoms with E-state index in [2.05, 4.69) is 9.97 Å². The van der Waals surface area contributed by atoms with Gasteiger partial charge in [-0.25, -0.2) is 9.97 Å². The Morgan fingerprint density at radius 2 is 2.29 bits per heavy atom. The molecule has 0 aliphatic carbocycles. The number of nitrogens with zero attached hydrogens (tertiary/aromatic N) is 5. The zero-order valence-corrected chi connectivity index (χ0v) is 9.00. The fourth-order valence-electron chi connectivity index (χ4n) is 1.30. The van der Waals surface area contributed by atoms with Crippen LogP contribution in [0.15, 0.2) is 24.7 Å². The van der Waals surface area contributed by atoms with E-state index in [0.717, 1.165) is 0 Å². The molecule has 0 bridgehead atoms.